The molecule has 1 aliphatic rings. The van der Waals surface area contributed by atoms with Crippen LogP contribution in [0, 0.1) is 5.41 Å². The predicted molar refractivity (Wildman–Crippen MR) is 97.6 cm³/mol. The summed E-state index contributed by atoms with van der Waals surface area (Å²) >= 11 is 0. The lowest BCUT2D eigenvalue weighted by Crippen LogP contribution is -2.43. The third kappa shape index (κ3) is 6.55. The van der Waals surface area contributed by atoms with Crippen molar-refractivity contribution in [3.63, 3.8) is 0 Å². The van der Waals surface area contributed by atoms with E-state index in [1.807, 2.05) is 7.05 Å². The number of rotatable bonds is 9. The topological polar surface area (TPSA) is 39.7 Å². The lowest BCUT2D eigenvalue weighted by molar-refractivity contribution is 0.268. The second-order valence-electron chi connectivity index (χ2n) is 7.19. The first-order valence-electron chi connectivity index (χ1n) is 9.18. The van der Waals surface area contributed by atoms with Gasteiger partial charge < -0.3 is 15.5 Å². The average molecular weight is 311 g/mol. The first-order chi connectivity index (χ1) is 10.5. The molecule has 1 rings (SSSR count). The molecule has 0 radical (unpaired) electrons. The van der Waals surface area contributed by atoms with E-state index in [0.29, 0.717) is 11.5 Å². The lowest BCUT2D eigenvalue weighted by Gasteiger charge is -2.28. The van der Waals surface area contributed by atoms with E-state index in [1.54, 1.807) is 0 Å². The van der Waals surface area contributed by atoms with Crippen LogP contribution >= 0.6 is 0 Å². The minimum Gasteiger partial charge on any atom is -0.356 e. The number of hydrogen-bond acceptors (Lipinski definition) is 2. The Balaban J connectivity index is 2.17. The molecule has 1 fully saturated rings. The summed E-state index contributed by atoms with van der Waals surface area (Å²) < 4.78 is 0. The van der Waals surface area contributed by atoms with Crippen LogP contribution in [0.2, 0.25) is 0 Å². The van der Waals surface area contributed by atoms with Crippen molar-refractivity contribution in [3.8, 4) is 0 Å². The van der Waals surface area contributed by atoms with Crippen molar-refractivity contribution in [1.29, 1.82) is 0 Å². The summed E-state index contributed by atoms with van der Waals surface area (Å²) in [6, 6.07) is 0.638. The van der Waals surface area contributed by atoms with Crippen LogP contribution in [0.3, 0.4) is 0 Å². The molecule has 0 atom stereocenters. The van der Waals surface area contributed by atoms with Gasteiger partial charge in [-0.15, -0.1) is 0 Å². The second-order valence-corrected chi connectivity index (χ2v) is 7.19. The Labute approximate surface area is 138 Å². The Kier molecular flexibility index (Phi) is 8.84. The number of guanidine groups is 1. The fourth-order valence-corrected chi connectivity index (χ4v) is 3.22. The van der Waals surface area contributed by atoms with Gasteiger partial charge in [-0.3, -0.25) is 4.99 Å². The molecular weight excluding hydrogens is 272 g/mol. The molecule has 0 amide bonds. The number of aliphatic imine (C=N–C) groups is 1. The normalized spacial score (nSPS) is 18.2. The first-order valence-corrected chi connectivity index (χ1v) is 9.18. The van der Waals surface area contributed by atoms with E-state index in [-0.39, 0.29) is 0 Å². The van der Waals surface area contributed by atoms with E-state index >= 15 is 0 Å². The molecule has 0 heterocycles. The van der Waals surface area contributed by atoms with Crippen molar-refractivity contribution in [2.24, 2.45) is 10.4 Å². The van der Waals surface area contributed by atoms with Gasteiger partial charge in [0.15, 0.2) is 5.96 Å². The molecule has 0 unspecified atom stereocenters. The molecule has 0 aromatic rings. The Bertz CT molecular complexity index is 319. The van der Waals surface area contributed by atoms with E-state index in [2.05, 4.69) is 48.3 Å². The van der Waals surface area contributed by atoms with E-state index in [0.717, 1.165) is 19.0 Å². The van der Waals surface area contributed by atoms with Gasteiger partial charge in [-0.2, -0.15) is 0 Å². The quantitative estimate of drug-likeness (QED) is 0.390. The lowest BCUT2D eigenvalue weighted by atomic mass is 9.83. The smallest absolute Gasteiger partial charge is 0.190 e. The molecule has 1 saturated carbocycles. The molecule has 2 N–H and O–H groups in total. The van der Waals surface area contributed by atoms with Gasteiger partial charge in [-0.25, -0.2) is 0 Å². The molecule has 130 valence electrons. The molecule has 0 spiro atoms. The standard InChI is InChI=1S/C18H38N4/c1-6-18(11-7-8-12-18)15-21-17(19-4)20-13-9-10-14-22(5)16(2)3/h16H,6-15H2,1-5H3,(H2,19,20,21). The summed E-state index contributed by atoms with van der Waals surface area (Å²) in [5.74, 6) is 0.969. The molecule has 0 aromatic carbocycles. The van der Waals surface area contributed by atoms with Crippen LogP contribution in [0.5, 0.6) is 0 Å². The molecule has 1 aliphatic carbocycles. The van der Waals surface area contributed by atoms with Crippen molar-refractivity contribution < 1.29 is 0 Å². The fraction of sp³-hybridized carbons (Fsp3) is 0.944. The number of nitrogens with zero attached hydrogens (tertiary/aromatic N) is 2. The molecule has 0 aromatic heterocycles. The molecule has 0 saturated heterocycles. The SMILES string of the molecule is CCC1(CNC(=NC)NCCCCN(C)C(C)C)CCCC1. The zero-order valence-corrected chi connectivity index (χ0v) is 15.5. The van der Waals surface area contributed by atoms with Crippen LogP contribution in [-0.2, 0) is 0 Å². The Morgan fingerprint density at radius 3 is 2.41 bits per heavy atom. The van der Waals surface area contributed by atoms with E-state index < -0.39 is 0 Å². The summed E-state index contributed by atoms with van der Waals surface area (Å²) in [5.41, 5.74) is 0.512. The maximum absolute atomic E-state index is 4.36. The summed E-state index contributed by atoms with van der Waals surface area (Å²) in [6.45, 7) is 10.1. The molecule has 4 heteroatoms. The van der Waals surface area contributed by atoms with Gasteiger partial charge in [0.05, 0.1) is 0 Å². The highest BCUT2D eigenvalue weighted by atomic mass is 15.2. The van der Waals surface area contributed by atoms with Gasteiger partial charge in [-0.1, -0.05) is 19.8 Å². The zero-order valence-electron chi connectivity index (χ0n) is 15.5. The molecule has 0 bridgehead atoms. The van der Waals surface area contributed by atoms with Crippen molar-refractivity contribution in [2.45, 2.75) is 71.8 Å². The Morgan fingerprint density at radius 2 is 1.86 bits per heavy atom. The van der Waals surface area contributed by atoms with Gasteiger partial charge in [0.1, 0.15) is 0 Å². The highest BCUT2D eigenvalue weighted by molar-refractivity contribution is 5.79. The maximum Gasteiger partial charge on any atom is 0.190 e. The highest BCUT2D eigenvalue weighted by Crippen LogP contribution is 2.40. The number of hydrogen-bond donors (Lipinski definition) is 2. The van der Waals surface area contributed by atoms with Crippen molar-refractivity contribution in [3.05, 3.63) is 0 Å². The minimum atomic E-state index is 0.512. The number of nitrogens with one attached hydrogen (secondary N) is 2. The molecule has 22 heavy (non-hydrogen) atoms. The number of unbranched alkanes of at least 4 members (excludes halogenated alkanes) is 1. The summed E-state index contributed by atoms with van der Waals surface area (Å²) in [6.07, 6.45) is 9.23. The van der Waals surface area contributed by atoms with Crippen LogP contribution in [0.4, 0.5) is 0 Å². The fourth-order valence-electron chi connectivity index (χ4n) is 3.22. The van der Waals surface area contributed by atoms with Gasteiger partial charge in [0, 0.05) is 26.2 Å². The van der Waals surface area contributed by atoms with Crippen LogP contribution in [0.1, 0.15) is 65.7 Å². The third-order valence-corrected chi connectivity index (χ3v) is 5.38. The molecule has 0 aliphatic heterocycles. The van der Waals surface area contributed by atoms with Gasteiger partial charge in [-0.05, 0) is 65.0 Å². The van der Waals surface area contributed by atoms with Crippen LogP contribution in [0.25, 0.3) is 0 Å². The van der Waals surface area contributed by atoms with Crippen molar-refractivity contribution >= 4 is 5.96 Å². The Hall–Kier alpha value is -0.770. The summed E-state index contributed by atoms with van der Waals surface area (Å²) in [7, 11) is 4.07. The van der Waals surface area contributed by atoms with Crippen molar-refractivity contribution in [1.82, 2.24) is 15.5 Å². The third-order valence-electron chi connectivity index (χ3n) is 5.38. The highest BCUT2D eigenvalue weighted by Gasteiger charge is 2.31. The predicted octanol–water partition coefficient (Wildman–Crippen LogP) is 3.24. The molecular formula is C18H38N4. The van der Waals surface area contributed by atoms with Gasteiger partial charge in [0.2, 0.25) is 0 Å². The van der Waals surface area contributed by atoms with Crippen LogP contribution in [0.15, 0.2) is 4.99 Å². The summed E-state index contributed by atoms with van der Waals surface area (Å²) in [4.78, 5) is 6.76. The van der Waals surface area contributed by atoms with Gasteiger partial charge >= 0.3 is 0 Å². The largest absolute Gasteiger partial charge is 0.356 e. The average Bonchev–Trinajstić information content (AvgIpc) is 2.99. The Morgan fingerprint density at radius 1 is 1.18 bits per heavy atom. The van der Waals surface area contributed by atoms with E-state index in [1.165, 1.54) is 51.5 Å². The zero-order chi connectivity index (χ0) is 16.4. The minimum absolute atomic E-state index is 0.512. The molecule has 4 nitrogen and oxygen atoms in total. The summed E-state index contributed by atoms with van der Waals surface area (Å²) in [5, 5.41) is 7.01. The van der Waals surface area contributed by atoms with Crippen LogP contribution < -0.4 is 10.6 Å². The second kappa shape index (κ2) is 10.1. The first kappa shape index (κ1) is 19.3. The maximum atomic E-state index is 4.36. The van der Waals surface area contributed by atoms with E-state index in [4.69, 9.17) is 0 Å². The van der Waals surface area contributed by atoms with Crippen LogP contribution in [-0.4, -0.2) is 50.6 Å². The van der Waals surface area contributed by atoms with E-state index in [9.17, 15) is 0 Å². The monoisotopic (exact) mass is 310 g/mol. The van der Waals surface area contributed by atoms with Crippen molar-refractivity contribution in [2.75, 3.05) is 33.7 Å². The van der Waals surface area contributed by atoms with Gasteiger partial charge in [0.25, 0.3) is 0 Å².